The number of anilines is 2. The fourth-order valence-corrected chi connectivity index (χ4v) is 2.14. The van der Waals surface area contributed by atoms with E-state index in [0.717, 1.165) is 24.1 Å². The second kappa shape index (κ2) is 7.13. The quantitative estimate of drug-likeness (QED) is 0.842. The minimum atomic E-state index is -0.533. The molecule has 1 amide bonds. The number of nitrogens with two attached hydrogens (primary N) is 1. The molecule has 0 aliphatic heterocycles. The number of aromatic nitrogens is 1. The molecule has 0 radical (unpaired) electrons. The Morgan fingerprint density at radius 2 is 1.87 bits per heavy atom. The van der Waals surface area contributed by atoms with E-state index in [1.54, 1.807) is 6.20 Å². The zero-order chi connectivity index (χ0) is 16.9. The van der Waals surface area contributed by atoms with Crippen LogP contribution in [0.25, 0.3) is 0 Å². The van der Waals surface area contributed by atoms with Crippen LogP contribution in [0.1, 0.15) is 31.9 Å². The maximum Gasteiger partial charge on any atom is 0.413 e. The van der Waals surface area contributed by atoms with Crippen LogP contribution in [-0.2, 0) is 17.6 Å². The van der Waals surface area contributed by atoms with Crippen molar-refractivity contribution in [2.24, 2.45) is 0 Å². The van der Waals surface area contributed by atoms with Crippen LogP contribution in [0.2, 0.25) is 0 Å². The molecule has 0 unspecified atom stereocenters. The van der Waals surface area contributed by atoms with Crippen molar-refractivity contribution in [1.29, 1.82) is 0 Å². The first-order valence-corrected chi connectivity index (χ1v) is 7.61. The van der Waals surface area contributed by atoms with Crippen molar-refractivity contribution >= 4 is 17.6 Å². The molecule has 0 saturated heterocycles. The molecule has 122 valence electrons. The van der Waals surface area contributed by atoms with Gasteiger partial charge in [0, 0.05) is 11.9 Å². The van der Waals surface area contributed by atoms with E-state index in [0.29, 0.717) is 5.82 Å². The van der Waals surface area contributed by atoms with Crippen LogP contribution in [0.3, 0.4) is 0 Å². The number of nitrogens with zero attached hydrogens (tertiary/aromatic N) is 1. The van der Waals surface area contributed by atoms with Crippen LogP contribution in [0, 0.1) is 0 Å². The van der Waals surface area contributed by atoms with Gasteiger partial charge in [0.05, 0.1) is 0 Å². The summed E-state index contributed by atoms with van der Waals surface area (Å²) in [5.41, 5.74) is 8.30. The Morgan fingerprint density at radius 3 is 2.52 bits per heavy atom. The summed E-state index contributed by atoms with van der Waals surface area (Å²) in [6.45, 7) is 5.46. The molecule has 3 N–H and O–H groups in total. The number of carbonyl (C=O) groups excluding carboxylic acids is 1. The van der Waals surface area contributed by atoms with E-state index < -0.39 is 11.7 Å². The monoisotopic (exact) mass is 313 g/mol. The second-order valence-electron chi connectivity index (χ2n) is 6.42. The molecular formula is C18H23N3O2. The van der Waals surface area contributed by atoms with Crippen molar-refractivity contribution in [3.05, 3.63) is 53.7 Å². The SMILES string of the molecule is CC(C)(C)OC(=O)Nc1cc(CCc2cccc(N)c2)ccn1. The maximum absolute atomic E-state index is 11.8. The number of amides is 1. The second-order valence-corrected chi connectivity index (χ2v) is 6.42. The highest BCUT2D eigenvalue weighted by Gasteiger charge is 2.16. The summed E-state index contributed by atoms with van der Waals surface area (Å²) < 4.78 is 5.22. The predicted octanol–water partition coefficient (Wildman–Crippen LogP) is 3.80. The van der Waals surface area contributed by atoms with E-state index >= 15 is 0 Å². The Bertz CT molecular complexity index is 678. The molecule has 0 fully saturated rings. The molecule has 0 aliphatic carbocycles. The van der Waals surface area contributed by atoms with Gasteiger partial charge in [-0.25, -0.2) is 9.78 Å². The molecule has 0 bridgehead atoms. The first-order chi connectivity index (χ1) is 10.8. The van der Waals surface area contributed by atoms with Crippen molar-refractivity contribution in [3.63, 3.8) is 0 Å². The highest BCUT2D eigenvalue weighted by Crippen LogP contribution is 2.14. The Morgan fingerprint density at radius 1 is 1.17 bits per heavy atom. The molecule has 5 nitrogen and oxygen atoms in total. The summed E-state index contributed by atoms with van der Waals surface area (Å²) in [4.78, 5) is 15.9. The Kier molecular flexibility index (Phi) is 5.21. The van der Waals surface area contributed by atoms with Gasteiger partial charge >= 0.3 is 6.09 Å². The van der Waals surface area contributed by atoms with Gasteiger partial charge in [-0.05, 0) is 69.0 Å². The van der Waals surface area contributed by atoms with E-state index in [1.165, 1.54) is 5.56 Å². The summed E-state index contributed by atoms with van der Waals surface area (Å²) in [7, 11) is 0. The smallest absolute Gasteiger partial charge is 0.413 e. The number of nitrogen functional groups attached to an aromatic ring is 1. The van der Waals surface area contributed by atoms with Crippen molar-refractivity contribution in [1.82, 2.24) is 4.98 Å². The molecule has 0 aliphatic rings. The third kappa shape index (κ3) is 5.98. The van der Waals surface area contributed by atoms with Gasteiger partial charge in [0.15, 0.2) is 0 Å². The highest BCUT2D eigenvalue weighted by atomic mass is 16.6. The number of hydrogen-bond acceptors (Lipinski definition) is 4. The molecule has 1 aromatic carbocycles. The molecule has 5 heteroatoms. The lowest BCUT2D eigenvalue weighted by Gasteiger charge is -2.19. The fraction of sp³-hybridized carbons (Fsp3) is 0.333. The van der Waals surface area contributed by atoms with Crippen molar-refractivity contribution in [2.75, 3.05) is 11.1 Å². The number of benzene rings is 1. The average molecular weight is 313 g/mol. The van der Waals surface area contributed by atoms with E-state index in [2.05, 4.69) is 16.4 Å². The molecule has 0 saturated carbocycles. The number of aryl methyl sites for hydroxylation is 2. The lowest BCUT2D eigenvalue weighted by atomic mass is 10.0. The van der Waals surface area contributed by atoms with Gasteiger partial charge in [0.1, 0.15) is 11.4 Å². The van der Waals surface area contributed by atoms with Gasteiger partial charge in [-0.2, -0.15) is 0 Å². The molecule has 2 rings (SSSR count). The van der Waals surface area contributed by atoms with Gasteiger partial charge in [0.2, 0.25) is 0 Å². The van der Waals surface area contributed by atoms with E-state index in [9.17, 15) is 4.79 Å². The van der Waals surface area contributed by atoms with Crippen LogP contribution < -0.4 is 11.1 Å². The number of ether oxygens (including phenoxy) is 1. The predicted molar refractivity (Wildman–Crippen MR) is 92.4 cm³/mol. The van der Waals surface area contributed by atoms with E-state index in [1.807, 2.05) is 51.1 Å². The number of rotatable bonds is 4. The van der Waals surface area contributed by atoms with Crippen molar-refractivity contribution in [3.8, 4) is 0 Å². The van der Waals surface area contributed by atoms with Crippen LogP contribution >= 0.6 is 0 Å². The Hall–Kier alpha value is -2.56. The average Bonchev–Trinajstić information content (AvgIpc) is 2.43. The first-order valence-electron chi connectivity index (χ1n) is 7.61. The summed E-state index contributed by atoms with van der Waals surface area (Å²) in [5.74, 6) is 0.490. The number of pyridine rings is 1. The maximum atomic E-state index is 11.8. The lowest BCUT2D eigenvalue weighted by Crippen LogP contribution is -2.27. The normalized spacial score (nSPS) is 11.1. The van der Waals surface area contributed by atoms with E-state index in [4.69, 9.17) is 10.5 Å². The third-order valence-electron chi connectivity index (χ3n) is 3.11. The zero-order valence-electron chi connectivity index (χ0n) is 13.8. The standard InChI is InChI=1S/C18H23N3O2/c1-18(2,3)23-17(22)21-16-12-14(9-10-20-16)8-7-13-5-4-6-15(19)11-13/h4-6,9-12H,7-8,19H2,1-3H3,(H,20,21,22). The third-order valence-corrected chi connectivity index (χ3v) is 3.11. The van der Waals surface area contributed by atoms with Crippen LogP contribution in [-0.4, -0.2) is 16.7 Å². The highest BCUT2D eigenvalue weighted by molar-refractivity contribution is 5.83. The van der Waals surface area contributed by atoms with Gasteiger partial charge in [-0.15, -0.1) is 0 Å². The molecule has 23 heavy (non-hydrogen) atoms. The molecule has 1 aromatic heterocycles. The zero-order valence-corrected chi connectivity index (χ0v) is 13.8. The van der Waals surface area contributed by atoms with Crippen molar-refractivity contribution < 1.29 is 9.53 Å². The van der Waals surface area contributed by atoms with Gasteiger partial charge in [0.25, 0.3) is 0 Å². The van der Waals surface area contributed by atoms with E-state index in [-0.39, 0.29) is 0 Å². The Labute approximate surface area is 136 Å². The number of nitrogens with one attached hydrogen (secondary N) is 1. The van der Waals surface area contributed by atoms with Crippen LogP contribution in [0.15, 0.2) is 42.6 Å². The minimum Gasteiger partial charge on any atom is -0.444 e. The molecular weight excluding hydrogens is 290 g/mol. The number of carbonyl (C=O) groups is 1. The van der Waals surface area contributed by atoms with Crippen LogP contribution in [0.5, 0.6) is 0 Å². The van der Waals surface area contributed by atoms with Crippen LogP contribution in [0.4, 0.5) is 16.3 Å². The van der Waals surface area contributed by atoms with Gasteiger partial charge < -0.3 is 10.5 Å². The Balaban J connectivity index is 1.95. The largest absolute Gasteiger partial charge is 0.444 e. The summed E-state index contributed by atoms with van der Waals surface area (Å²) >= 11 is 0. The first kappa shape index (κ1) is 16.8. The molecule has 2 aromatic rings. The van der Waals surface area contributed by atoms with Gasteiger partial charge in [-0.1, -0.05) is 12.1 Å². The lowest BCUT2D eigenvalue weighted by molar-refractivity contribution is 0.0635. The van der Waals surface area contributed by atoms with Gasteiger partial charge in [-0.3, -0.25) is 5.32 Å². The molecule has 0 spiro atoms. The summed E-state index contributed by atoms with van der Waals surface area (Å²) in [5, 5.41) is 2.65. The summed E-state index contributed by atoms with van der Waals surface area (Å²) in [6.07, 6.45) is 2.90. The topological polar surface area (TPSA) is 77.2 Å². The number of hydrogen-bond donors (Lipinski definition) is 2. The summed E-state index contributed by atoms with van der Waals surface area (Å²) in [6, 6.07) is 11.6. The molecule has 0 atom stereocenters. The minimum absolute atomic E-state index is 0.490. The van der Waals surface area contributed by atoms with Crippen molar-refractivity contribution in [2.45, 2.75) is 39.2 Å². The fourth-order valence-electron chi connectivity index (χ4n) is 2.14. The molecule has 1 heterocycles.